The molecular formula is C10H17N. The lowest BCUT2D eigenvalue weighted by Crippen LogP contribution is -1.83. The SMILES string of the molecule is CC.CC1=CN=C(C)CC=C1. The van der Waals surface area contributed by atoms with Crippen molar-refractivity contribution < 1.29 is 0 Å². The Bertz CT molecular complexity index is 185. The Labute approximate surface area is 69.5 Å². The van der Waals surface area contributed by atoms with Gasteiger partial charge in [-0.3, -0.25) is 4.99 Å². The summed E-state index contributed by atoms with van der Waals surface area (Å²) in [6, 6.07) is 0. The Morgan fingerprint density at radius 1 is 1.27 bits per heavy atom. The zero-order valence-electron chi connectivity index (χ0n) is 7.89. The van der Waals surface area contributed by atoms with E-state index in [0.717, 1.165) is 6.42 Å². The topological polar surface area (TPSA) is 12.4 Å². The lowest BCUT2D eigenvalue weighted by atomic mass is 10.2. The normalized spacial score (nSPS) is 15.6. The predicted molar refractivity (Wildman–Crippen MR) is 52.0 cm³/mol. The Hall–Kier alpha value is -0.850. The van der Waals surface area contributed by atoms with Crippen LogP contribution in [0.1, 0.15) is 34.1 Å². The lowest BCUT2D eigenvalue weighted by Gasteiger charge is -1.85. The highest BCUT2D eigenvalue weighted by atomic mass is 14.7. The molecule has 1 aliphatic rings. The van der Waals surface area contributed by atoms with Crippen molar-refractivity contribution in [3.63, 3.8) is 0 Å². The highest BCUT2D eigenvalue weighted by Gasteiger charge is 1.89. The molecule has 0 saturated heterocycles. The first-order chi connectivity index (χ1) is 5.29. The molecule has 0 aromatic carbocycles. The zero-order chi connectivity index (χ0) is 8.69. The van der Waals surface area contributed by atoms with Gasteiger partial charge >= 0.3 is 0 Å². The molecular weight excluding hydrogens is 134 g/mol. The molecule has 1 rings (SSSR count). The van der Waals surface area contributed by atoms with E-state index in [0.29, 0.717) is 0 Å². The summed E-state index contributed by atoms with van der Waals surface area (Å²) in [4.78, 5) is 4.20. The molecule has 0 bridgehead atoms. The van der Waals surface area contributed by atoms with Gasteiger partial charge in [0.05, 0.1) is 0 Å². The van der Waals surface area contributed by atoms with Crippen LogP contribution in [0.3, 0.4) is 0 Å². The van der Waals surface area contributed by atoms with E-state index in [-0.39, 0.29) is 0 Å². The monoisotopic (exact) mass is 151 g/mol. The molecule has 1 heteroatoms. The van der Waals surface area contributed by atoms with Gasteiger partial charge in [0.25, 0.3) is 0 Å². The van der Waals surface area contributed by atoms with Gasteiger partial charge in [-0.2, -0.15) is 0 Å². The number of hydrogen-bond acceptors (Lipinski definition) is 1. The predicted octanol–water partition coefficient (Wildman–Crippen LogP) is 3.34. The van der Waals surface area contributed by atoms with Gasteiger partial charge in [0.15, 0.2) is 0 Å². The van der Waals surface area contributed by atoms with Crippen molar-refractivity contribution in [1.29, 1.82) is 0 Å². The van der Waals surface area contributed by atoms with Gasteiger partial charge in [-0.15, -0.1) is 0 Å². The molecule has 1 heterocycles. The third kappa shape index (κ3) is 4.54. The van der Waals surface area contributed by atoms with Crippen LogP contribution in [0.15, 0.2) is 28.9 Å². The largest absolute Gasteiger partial charge is 0.265 e. The van der Waals surface area contributed by atoms with Crippen LogP contribution >= 0.6 is 0 Å². The van der Waals surface area contributed by atoms with E-state index in [1.807, 2.05) is 27.0 Å². The van der Waals surface area contributed by atoms with E-state index in [2.05, 4.69) is 24.1 Å². The molecule has 1 nitrogen and oxygen atoms in total. The molecule has 62 valence electrons. The minimum absolute atomic E-state index is 0.994. The number of aliphatic imine (C=N–C) groups is 1. The maximum atomic E-state index is 4.20. The maximum absolute atomic E-state index is 4.20. The average molecular weight is 151 g/mol. The first kappa shape index (κ1) is 10.2. The van der Waals surface area contributed by atoms with Crippen LogP contribution in [0.5, 0.6) is 0 Å². The van der Waals surface area contributed by atoms with Crippen LogP contribution in [0.4, 0.5) is 0 Å². The van der Waals surface area contributed by atoms with Crippen LogP contribution in [0.25, 0.3) is 0 Å². The Balaban J connectivity index is 0.000000461. The summed E-state index contributed by atoms with van der Waals surface area (Å²) in [5.41, 5.74) is 2.41. The third-order valence-corrected chi connectivity index (χ3v) is 1.28. The maximum Gasteiger partial charge on any atom is 0.0296 e. The van der Waals surface area contributed by atoms with Gasteiger partial charge in [0, 0.05) is 18.3 Å². The van der Waals surface area contributed by atoms with Gasteiger partial charge in [-0.05, 0) is 19.4 Å². The summed E-state index contributed by atoms with van der Waals surface area (Å²) in [5.74, 6) is 0. The van der Waals surface area contributed by atoms with Crippen LogP contribution in [0, 0.1) is 0 Å². The second-order valence-electron chi connectivity index (χ2n) is 2.34. The Kier molecular flexibility index (Phi) is 5.44. The molecule has 0 aromatic heterocycles. The van der Waals surface area contributed by atoms with Crippen molar-refractivity contribution in [1.82, 2.24) is 0 Å². The van der Waals surface area contributed by atoms with Crippen molar-refractivity contribution >= 4 is 5.71 Å². The number of nitrogens with zero attached hydrogens (tertiary/aromatic N) is 1. The molecule has 0 spiro atoms. The van der Waals surface area contributed by atoms with Gasteiger partial charge in [-0.1, -0.05) is 26.0 Å². The van der Waals surface area contributed by atoms with Crippen molar-refractivity contribution in [2.75, 3.05) is 0 Å². The molecule has 0 fully saturated rings. The zero-order valence-corrected chi connectivity index (χ0v) is 7.89. The minimum Gasteiger partial charge on any atom is -0.265 e. The smallest absolute Gasteiger partial charge is 0.0296 e. The minimum atomic E-state index is 0.994. The van der Waals surface area contributed by atoms with Crippen LogP contribution in [-0.2, 0) is 0 Å². The molecule has 0 unspecified atom stereocenters. The average Bonchev–Trinajstić information content (AvgIpc) is 2.20. The lowest BCUT2D eigenvalue weighted by molar-refractivity contribution is 1.40. The second kappa shape index (κ2) is 5.90. The van der Waals surface area contributed by atoms with Gasteiger partial charge in [0.1, 0.15) is 0 Å². The highest BCUT2D eigenvalue weighted by molar-refractivity contribution is 5.84. The first-order valence-electron chi connectivity index (χ1n) is 4.15. The van der Waals surface area contributed by atoms with E-state index >= 15 is 0 Å². The van der Waals surface area contributed by atoms with E-state index < -0.39 is 0 Å². The fraction of sp³-hybridized carbons (Fsp3) is 0.500. The Morgan fingerprint density at radius 3 is 2.55 bits per heavy atom. The molecule has 0 aromatic rings. The summed E-state index contributed by atoms with van der Waals surface area (Å²) in [7, 11) is 0. The van der Waals surface area contributed by atoms with Crippen molar-refractivity contribution in [2.24, 2.45) is 4.99 Å². The second-order valence-corrected chi connectivity index (χ2v) is 2.34. The molecule has 0 aliphatic carbocycles. The molecule has 0 saturated carbocycles. The van der Waals surface area contributed by atoms with E-state index in [4.69, 9.17) is 0 Å². The van der Waals surface area contributed by atoms with Crippen LogP contribution in [-0.4, -0.2) is 5.71 Å². The molecule has 0 atom stereocenters. The first-order valence-corrected chi connectivity index (χ1v) is 4.15. The molecule has 1 aliphatic heterocycles. The van der Waals surface area contributed by atoms with Crippen LogP contribution < -0.4 is 0 Å². The molecule has 0 N–H and O–H groups in total. The summed E-state index contributed by atoms with van der Waals surface area (Å²) < 4.78 is 0. The Morgan fingerprint density at radius 2 is 1.91 bits per heavy atom. The highest BCUT2D eigenvalue weighted by Crippen LogP contribution is 2.02. The molecule has 0 amide bonds. The summed E-state index contributed by atoms with van der Waals surface area (Å²) in [6.07, 6.45) is 7.13. The van der Waals surface area contributed by atoms with Crippen molar-refractivity contribution in [2.45, 2.75) is 34.1 Å². The fourth-order valence-electron chi connectivity index (χ4n) is 0.723. The van der Waals surface area contributed by atoms with E-state index in [1.165, 1.54) is 11.3 Å². The van der Waals surface area contributed by atoms with Crippen LogP contribution in [0.2, 0.25) is 0 Å². The van der Waals surface area contributed by atoms with Gasteiger partial charge < -0.3 is 0 Å². The van der Waals surface area contributed by atoms with Gasteiger partial charge in [0.2, 0.25) is 0 Å². The van der Waals surface area contributed by atoms with Gasteiger partial charge in [-0.25, -0.2) is 0 Å². The number of hydrogen-bond donors (Lipinski definition) is 0. The summed E-state index contributed by atoms with van der Waals surface area (Å²) in [5, 5.41) is 0. The quantitative estimate of drug-likeness (QED) is 0.503. The standard InChI is InChI=1S/C8H11N.C2H6/c1-7-4-3-5-8(2)9-6-7;1-2/h3-4,6H,5H2,1-2H3;1-2H3. The number of allylic oxidation sites excluding steroid dienone is 3. The third-order valence-electron chi connectivity index (χ3n) is 1.28. The van der Waals surface area contributed by atoms with Crippen molar-refractivity contribution in [3.05, 3.63) is 23.9 Å². The molecule has 0 radical (unpaired) electrons. The van der Waals surface area contributed by atoms with E-state index in [1.54, 1.807) is 0 Å². The van der Waals surface area contributed by atoms with E-state index in [9.17, 15) is 0 Å². The summed E-state index contributed by atoms with van der Waals surface area (Å²) in [6.45, 7) is 8.10. The fourth-order valence-corrected chi connectivity index (χ4v) is 0.723. The number of rotatable bonds is 0. The molecule has 11 heavy (non-hydrogen) atoms. The summed E-state index contributed by atoms with van der Waals surface area (Å²) >= 11 is 0. The van der Waals surface area contributed by atoms with Crippen molar-refractivity contribution in [3.8, 4) is 0 Å².